The summed E-state index contributed by atoms with van der Waals surface area (Å²) in [5.74, 6) is 1.22. The summed E-state index contributed by atoms with van der Waals surface area (Å²) in [5.41, 5.74) is 2.75. The lowest BCUT2D eigenvalue weighted by Crippen LogP contribution is -2.52. The van der Waals surface area contributed by atoms with Crippen LogP contribution in [0.1, 0.15) is 23.8 Å². The predicted molar refractivity (Wildman–Crippen MR) is 110 cm³/mol. The number of hydrogen-bond acceptors (Lipinski definition) is 6. The first-order valence-electron chi connectivity index (χ1n) is 9.74. The number of hydrogen-bond donors (Lipinski definition) is 1. The van der Waals surface area contributed by atoms with E-state index in [1.165, 1.54) is 0 Å². The van der Waals surface area contributed by atoms with Crippen LogP contribution < -0.4 is 14.8 Å². The number of amides is 1. The third-order valence-corrected chi connectivity index (χ3v) is 5.29. The van der Waals surface area contributed by atoms with Crippen molar-refractivity contribution in [1.29, 1.82) is 0 Å². The van der Waals surface area contributed by atoms with Gasteiger partial charge in [0.15, 0.2) is 22.8 Å². The van der Waals surface area contributed by atoms with Gasteiger partial charge in [-0.05, 0) is 30.7 Å². The van der Waals surface area contributed by atoms with Gasteiger partial charge in [-0.15, -0.1) is 0 Å². The summed E-state index contributed by atoms with van der Waals surface area (Å²) < 4.78 is 12.4. The number of fused-ring (bicyclic) bond motifs is 1. The van der Waals surface area contributed by atoms with Crippen LogP contribution in [0.2, 0.25) is 0 Å². The van der Waals surface area contributed by atoms with Crippen molar-refractivity contribution in [3.05, 3.63) is 42.2 Å². The topological polar surface area (TPSA) is 81.0 Å². The van der Waals surface area contributed by atoms with Crippen LogP contribution in [0.3, 0.4) is 0 Å². The summed E-state index contributed by atoms with van der Waals surface area (Å²) in [4.78, 5) is 19.3. The molecule has 1 saturated heterocycles. The van der Waals surface area contributed by atoms with Crippen LogP contribution in [0.25, 0.3) is 16.9 Å². The zero-order chi connectivity index (χ0) is 20.4. The number of benzene rings is 1. The molecule has 1 atom stereocenters. The molecule has 0 unspecified atom stereocenters. The molecular formula is C21H25N5O3. The molecule has 4 rings (SSSR count). The van der Waals surface area contributed by atoms with Crippen LogP contribution in [0.5, 0.6) is 11.5 Å². The summed E-state index contributed by atoms with van der Waals surface area (Å²) in [6.45, 7) is 4.29. The van der Waals surface area contributed by atoms with Crippen LogP contribution in [-0.2, 0) is 0 Å². The standard InChI is InChI=1S/C21H25N5O3/c1-4-15-13-25(10-9-22-15)21(27)16-12-20-23-8-7-17(26(20)24-16)14-5-6-18(28-2)19(11-14)29-3/h5-8,11-12,15,22H,4,9-10,13H2,1-3H3/t15-/m0/s1. The Labute approximate surface area is 169 Å². The van der Waals surface area contributed by atoms with Crippen LogP contribution >= 0.6 is 0 Å². The lowest BCUT2D eigenvalue weighted by atomic mass is 10.1. The minimum atomic E-state index is -0.0614. The summed E-state index contributed by atoms with van der Waals surface area (Å²) in [6.07, 6.45) is 2.70. The first-order valence-corrected chi connectivity index (χ1v) is 9.74. The Morgan fingerprint density at radius 2 is 2.03 bits per heavy atom. The largest absolute Gasteiger partial charge is 0.493 e. The molecule has 1 amide bonds. The van der Waals surface area contributed by atoms with Crippen LogP contribution in [0.15, 0.2) is 36.5 Å². The minimum Gasteiger partial charge on any atom is -0.493 e. The maximum atomic E-state index is 13.0. The summed E-state index contributed by atoms with van der Waals surface area (Å²) in [6, 6.07) is 9.61. The molecule has 8 nitrogen and oxygen atoms in total. The highest BCUT2D eigenvalue weighted by Crippen LogP contribution is 2.32. The van der Waals surface area contributed by atoms with Gasteiger partial charge >= 0.3 is 0 Å². The molecule has 1 aliphatic heterocycles. The molecule has 3 aromatic rings. The van der Waals surface area contributed by atoms with E-state index < -0.39 is 0 Å². The quantitative estimate of drug-likeness (QED) is 0.714. The molecule has 152 valence electrons. The second-order valence-electron chi connectivity index (χ2n) is 7.01. The van der Waals surface area contributed by atoms with E-state index in [-0.39, 0.29) is 5.91 Å². The van der Waals surface area contributed by atoms with E-state index in [1.54, 1.807) is 31.0 Å². The Hall–Kier alpha value is -3.13. The van der Waals surface area contributed by atoms with Crippen molar-refractivity contribution in [2.24, 2.45) is 0 Å². The van der Waals surface area contributed by atoms with Crippen molar-refractivity contribution in [2.75, 3.05) is 33.9 Å². The molecule has 3 heterocycles. The Balaban J connectivity index is 1.70. The molecule has 1 aliphatic rings. The molecule has 0 saturated carbocycles. The van der Waals surface area contributed by atoms with Crippen molar-refractivity contribution in [3.63, 3.8) is 0 Å². The Bertz CT molecular complexity index is 1030. The van der Waals surface area contributed by atoms with Gasteiger partial charge in [0.05, 0.1) is 19.9 Å². The smallest absolute Gasteiger partial charge is 0.274 e. The average molecular weight is 395 g/mol. The van der Waals surface area contributed by atoms with Crippen LogP contribution in [0, 0.1) is 0 Å². The first-order chi connectivity index (χ1) is 14.1. The highest BCUT2D eigenvalue weighted by Gasteiger charge is 2.25. The zero-order valence-electron chi connectivity index (χ0n) is 16.9. The summed E-state index contributed by atoms with van der Waals surface area (Å²) >= 11 is 0. The summed E-state index contributed by atoms with van der Waals surface area (Å²) in [5, 5.41) is 8.01. The van der Waals surface area contributed by atoms with Crippen molar-refractivity contribution < 1.29 is 14.3 Å². The maximum absolute atomic E-state index is 13.0. The van der Waals surface area contributed by atoms with Crippen molar-refractivity contribution in [2.45, 2.75) is 19.4 Å². The van der Waals surface area contributed by atoms with E-state index >= 15 is 0 Å². The lowest BCUT2D eigenvalue weighted by Gasteiger charge is -2.32. The average Bonchev–Trinajstić information content (AvgIpc) is 3.22. The fraction of sp³-hybridized carbons (Fsp3) is 0.381. The van der Waals surface area contributed by atoms with Crippen LogP contribution in [-0.4, -0.2) is 65.3 Å². The Kier molecular flexibility index (Phi) is 5.35. The van der Waals surface area contributed by atoms with Gasteiger partial charge in [-0.2, -0.15) is 5.10 Å². The molecule has 1 fully saturated rings. The Morgan fingerprint density at radius 1 is 1.21 bits per heavy atom. The first kappa shape index (κ1) is 19.2. The number of nitrogens with zero attached hydrogens (tertiary/aromatic N) is 4. The predicted octanol–water partition coefficient (Wildman–Crippen LogP) is 2.24. The molecular weight excluding hydrogens is 370 g/mol. The van der Waals surface area contributed by atoms with Crippen molar-refractivity contribution in [1.82, 2.24) is 24.8 Å². The SMILES string of the molecule is CC[C@H]1CN(C(=O)c2cc3nccc(-c4ccc(OC)c(OC)c4)n3n2)CCN1. The molecule has 2 aromatic heterocycles. The molecule has 0 bridgehead atoms. The number of rotatable bonds is 5. The van der Waals surface area contributed by atoms with Gasteiger partial charge in [-0.1, -0.05) is 6.92 Å². The molecule has 0 aliphatic carbocycles. The van der Waals surface area contributed by atoms with E-state index in [2.05, 4.69) is 22.3 Å². The fourth-order valence-corrected chi connectivity index (χ4v) is 3.66. The molecule has 1 aromatic carbocycles. The van der Waals surface area contributed by atoms with Crippen LogP contribution in [0.4, 0.5) is 0 Å². The maximum Gasteiger partial charge on any atom is 0.274 e. The number of methoxy groups -OCH3 is 2. The minimum absolute atomic E-state index is 0.0614. The van der Waals surface area contributed by atoms with E-state index in [0.717, 1.165) is 24.2 Å². The zero-order valence-corrected chi connectivity index (χ0v) is 16.9. The highest BCUT2D eigenvalue weighted by atomic mass is 16.5. The number of ether oxygens (including phenoxy) is 2. The number of aromatic nitrogens is 3. The van der Waals surface area contributed by atoms with E-state index in [1.807, 2.05) is 29.2 Å². The highest BCUT2D eigenvalue weighted by molar-refractivity contribution is 5.93. The summed E-state index contributed by atoms with van der Waals surface area (Å²) in [7, 11) is 3.21. The van der Waals surface area contributed by atoms with Gasteiger partial charge in [0, 0.05) is 43.5 Å². The molecule has 29 heavy (non-hydrogen) atoms. The second-order valence-corrected chi connectivity index (χ2v) is 7.01. The lowest BCUT2D eigenvalue weighted by molar-refractivity contribution is 0.0695. The van der Waals surface area contributed by atoms with Crippen molar-refractivity contribution >= 4 is 11.6 Å². The third-order valence-electron chi connectivity index (χ3n) is 5.29. The van der Waals surface area contributed by atoms with Gasteiger partial charge in [-0.25, -0.2) is 9.50 Å². The molecule has 8 heteroatoms. The van der Waals surface area contributed by atoms with E-state index in [4.69, 9.17) is 9.47 Å². The molecule has 0 radical (unpaired) electrons. The monoisotopic (exact) mass is 395 g/mol. The van der Waals surface area contributed by atoms with Crippen molar-refractivity contribution in [3.8, 4) is 22.8 Å². The third kappa shape index (κ3) is 3.63. The van der Waals surface area contributed by atoms with E-state index in [9.17, 15) is 4.79 Å². The van der Waals surface area contributed by atoms with Gasteiger partial charge in [0.25, 0.3) is 5.91 Å². The number of piperazine rings is 1. The van der Waals surface area contributed by atoms with E-state index in [0.29, 0.717) is 42.0 Å². The molecule has 0 spiro atoms. The van der Waals surface area contributed by atoms with Gasteiger partial charge in [-0.3, -0.25) is 4.79 Å². The number of carbonyl (C=O) groups excluding carboxylic acids is 1. The molecule has 1 N–H and O–H groups in total. The normalized spacial score (nSPS) is 16.8. The number of carbonyl (C=O) groups is 1. The number of nitrogens with one attached hydrogen (secondary N) is 1. The Morgan fingerprint density at radius 3 is 2.79 bits per heavy atom. The van der Waals surface area contributed by atoms with Gasteiger partial charge in [0.2, 0.25) is 0 Å². The second kappa shape index (κ2) is 8.08. The van der Waals surface area contributed by atoms with Gasteiger partial charge < -0.3 is 19.7 Å². The van der Waals surface area contributed by atoms with Gasteiger partial charge in [0.1, 0.15) is 0 Å². The fourth-order valence-electron chi connectivity index (χ4n) is 3.66.